The van der Waals surface area contributed by atoms with Crippen LogP contribution in [-0.4, -0.2) is 61.8 Å². The highest BCUT2D eigenvalue weighted by Gasteiger charge is 2.14. The van der Waals surface area contributed by atoms with Gasteiger partial charge in [0.2, 0.25) is 0 Å². The van der Waals surface area contributed by atoms with Gasteiger partial charge < -0.3 is 19.1 Å². The molecule has 0 aromatic rings. The fraction of sp³-hybridized carbons (Fsp3) is 0.902. The van der Waals surface area contributed by atoms with Crippen LogP contribution in [-0.2, 0) is 28.6 Å². The second-order valence-electron chi connectivity index (χ2n) is 16.9. The van der Waals surface area contributed by atoms with Gasteiger partial charge in [-0.25, -0.2) is 0 Å². The molecule has 0 fully saturated rings. The monoisotopic (exact) mass is 818 g/mol. The number of hydrogen-bond donors (Lipinski definition) is 0. The van der Waals surface area contributed by atoms with Crippen LogP contribution >= 0.6 is 0 Å². The molecule has 0 saturated carbocycles. The van der Waals surface area contributed by atoms with Crippen molar-refractivity contribution in [2.75, 3.05) is 32.8 Å². The Hall–Kier alpha value is -2.07. The third-order valence-electron chi connectivity index (χ3n) is 11.1. The molecule has 0 unspecified atom stereocenters. The minimum absolute atomic E-state index is 0.00803. The second kappa shape index (κ2) is 46.0. The molecule has 0 heterocycles. The lowest BCUT2D eigenvalue weighted by molar-refractivity contribution is -0.150. The van der Waals surface area contributed by atoms with Gasteiger partial charge in [0.25, 0.3) is 0 Å². The van der Waals surface area contributed by atoms with E-state index in [1.807, 2.05) is 0 Å². The summed E-state index contributed by atoms with van der Waals surface area (Å²) in [6.45, 7) is 12.9. The van der Waals surface area contributed by atoms with Gasteiger partial charge in [-0.2, -0.15) is 0 Å². The van der Waals surface area contributed by atoms with Crippen molar-refractivity contribution in [2.24, 2.45) is 0 Å². The Bertz CT molecular complexity index is 958. The van der Waals surface area contributed by atoms with Gasteiger partial charge in [-0.3, -0.25) is 14.4 Å². The minimum Gasteiger partial charge on any atom is -0.466 e. The molecule has 7 nitrogen and oxygen atoms in total. The van der Waals surface area contributed by atoms with Gasteiger partial charge in [0.05, 0.1) is 13.2 Å². The number of rotatable bonds is 44. The van der Waals surface area contributed by atoms with Crippen LogP contribution in [0.4, 0.5) is 0 Å². The van der Waals surface area contributed by atoms with Gasteiger partial charge in [-0.1, -0.05) is 150 Å². The summed E-state index contributed by atoms with van der Waals surface area (Å²) in [4.78, 5) is 39.5. The zero-order valence-corrected chi connectivity index (χ0v) is 39.0. The highest BCUT2D eigenvalue weighted by Crippen LogP contribution is 2.18. The molecule has 0 rings (SSSR count). The molecule has 0 N–H and O–H groups in total. The number of hydrogen-bond acceptors (Lipinski definition) is 7. The lowest BCUT2D eigenvalue weighted by Gasteiger charge is -2.22. The summed E-state index contributed by atoms with van der Waals surface area (Å²) in [7, 11) is 0. The van der Waals surface area contributed by atoms with Crippen LogP contribution < -0.4 is 0 Å². The highest BCUT2D eigenvalue weighted by molar-refractivity contribution is 5.70. The summed E-state index contributed by atoms with van der Waals surface area (Å²) in [5.74, 6) is 6.21. The van der Waals surface area contributed by atoms with E-state index in [-0.39, 0.29) is 24.0 Å². The highest BCUT2D eigenvalue weighted by atomic mass is 16.5. The first-order valence-corrected chi connectivity index (χ1v) is 25.1. The van der Waals surface area contributed by atoms with Crippen molar-refractivity contribution in [3.05, 3.63) is 0 Å². The quantitative estimate of drug-likeness (QED) is 0.0262. The van der Waals surface area contributed by atoms with E-state index in [1.165, 1.54) is 89.9 Å². The Balaban J connectivity index is 4.45. The van der Waals surface area contributed by atoms with Crippen LogP contribution in [0, 0.1) is 11.8 Å². The summed E-state index contributed by atoms with van der Waals surface area (Å²) >= 11 is 0. The van der Waals surface area contributed by atoms with Crippen molar-refractivity contribution in [1.29, 1.82) is 0 Å². The van der Waals surface area contributed by atoms with E-state index in [9.17, 15) is 14.4 Å². The van der Waals surface area contributed by atoms with Crippen molar-refractivity contribution in [3.63, 3.8) is 0 Å². The second-order valence-corrected chi connectivity index (χ2v) is 16.9. The maximum absolute atomic E-state index is 12.8. The third kappa shape index (κ3) is 42.1. The summed E-state index contributed by atoms with van der Waals surface area (Å²) in [6, 6.07) is 0. The van der Waals surface area contributed by atoms with Crippen LogP contribution in [0.1, 0.15) is 259 Å². The predicted octanol–water partition coefficient (Wildman–Crippen LogP) is 14.4. The number of ether oxygens (including phenoxy) is 3. The van der Waals surface area contributed by atoms with E-state index in [2.05, 4.69) is 44.4 Å². The molecule has 0 atom stereocenters. The van der Waals surface area contributed by atoms with Crippen molar-refractivity contribution in [1.82, 2.24) is 4.90 Å². The largest absolute Gasteiger partial charge is 0.466 e. The number of nitrogens with zero attached hydrogens (tertiary/aromatic N) is 1. The maximum atomic E-state index is 12.8. The fourth-order valence-corrected chi connectivity index (χ4v) is 7.34. The summed E-state index contributed by atoms with van der Waals surface area (Å²) < 4.78 is 17.0. The summed E-state index contributed by atoms with van der Waals surface area (Å²) in [5, 5.41) is 0. The lowest BCUT2D eigenvalue weighted by Crippen LogP contribution is -2.28. The van der Waals surface area contributed by atoms with Gasteiger partial charge in [0.1, 0.15) is 6.10 Å². The van der Waals surface area contributed by atoms with E-state index in [4.69, 9.17) is 14.2 Å². The molecule has 0 bridgehead atoms. The number of unbranched alkanes of at least 4 members (excludes halogenated alkanes) is 23. The van der Waals surface area contributed by atoms with Crippen LogP contribution in [0.2, 0.25) is 0 Å². The van der Waals surface area contributed by atoms with Crippen molar-refractivity contribution < 1.29 is 28.6 Å². The van der Waals surface area contributed by atoms with E-state index in [0.717, 1.165) is 142 Å². The van der Waals surface area contributed by atoms with E-state index >= 15 is 0 Å². The molecule has 340 valence electrons. The van der Waals surface area contributed by atoms with Crippen molar-refractivity contribution >= 4 is 17.9 Å². The van der Waals surface area contributed by atoms with Crippen molar-refractivity contribution in [3.8, 4) is 11.8 Å². The zero-order chi connectivity index (χ0) is 42.4. The van der Waals surface area contributed by atoms with Crippen LogP contribution in [0.5, 0.6) is 0 Å². The van der Waals surface area contributed by atoms with Gasteiger partial charge in [-0.05, 0) is 90.1 Å². The minimum atomic E-state index is -0.0811. The Morgan fingerprint density at radius 2 is 0.759 bits per heavy atom. The average molecular weight is 818 g/mol. The molecule has 0 aliphatic rings. The van der Waals surface area contributed by atoms with Crippen LogP contribution in [0.25, 0.3) is 0 Å². The molecule has 0 radical (unpaired) electrons. The van der Waals surface area contributed by atoms with Gasteiger partial charge in [-0.15, -0.1) is 11.8 Å². The molecule has 58 heavy (non-hydrogen) atoms. The van der Waals surface area contributed by atoms with Crippen molar-refractivity contribution in [2.45, 2.75) is 265 Å². The molecule has 0 aliphatic heterocycles. The van der Waals surface area contributed by atoms with E-state index in [1.54, 1.807) is 0 Å². The molecule has 0 aliphatic carbocycles. The standard InChI is InChI=1S/C51H95NO6/c1-5-9-13-16-19-28-36-46-56-50(54)41-32-24-20-26-34-43-52(45-37-47-57-49(53)40-29-12-8-4)44-35-27-21-25-33-42-51(55)58-48(38-30-22-17-14-10-6-2)39-31-23-18-15-11-7-3/h48H,5-15,17-18,20-47H2,1-4H3. The fourth-order valence-electron chi connectivity index (χ4n) is 7.34. The number of esters is 3. The average Bonchev–Trinajstić information content (AvgIpc) is 3.21. The SMILES string of the molecule is CCCCC#CCCCOC(=O)CCCCCCCN(CCCCCCCC(=O)OC(CCCCCCCC)CCCCCCCC)CCCOC(=O)CCCCC. The Kier molecular flexibility index (Phi) is 44.4. The Morgan fingerprint density at radius 1 is 0.397 bits per heavy atom. The van der Waals surface area contributed by atoms with Gasteiger partial charge >= 0.3 is 17.9 Å². The molecule has 7 heteroatoms. The summed E-state index contributed by atoms with van der Waals surface area (Å²) in [5.41, 5.74) is 0. The van der Waals surface area contributed by atoms with Crippen LogP contribution in [0.3, 0.4) is 0 Å². The van der Waals surface area contributed by atoms with E-state index in [0.29, 0.717) is 32.5 Å². The molecular formula is C51H95NO6. The predicted molar refractivity (Wildman–Crippen MR) is 245 cm³/mol. The topological polar surface area (TPSA) is 82.1 Å². The summed E-state index contributed by atoms with van der Waals surface area (Å²) in [6.07, 6.45) is 38.7. The lowest BCUT2D eigenvalue weighted by atomic mass is 10.0. The molecule has 0 spiro atoms. The van der Waals surface area contributed by atoms with Crippen LogP contribution in [0.15, 0.2) is 0 Å². The molecule has 0 aromatic heterocycles. The van der Waals surface area contributed by atoms with Gasteiger partial charge in [0, 0.05) is 38.6 Å². The van der Waals surface area contributed by atoms with Gasteiger partial charge in [0.15, 0.2) is 0 Å². The molecule has 0 saturated heterocycles. The maximum Gasteiger partial charge on any atom is 0.306 e. The number of carbonyl (C=O) groups is 3. The first kappa shape index (κ1) is 55.9. The number of carbonyl (C=O) groups excluding carboxylic acids is 3. The third-order valence-corrected chi connectivity index (χ3v) is 11.1. The molecule has 0 aromatic carbocycles. The smallest absolute Gasteiger partial charge is 0.306 e. The first-order valence-electron chi connectivity index (χ1n) is 25.1. The molecule has 0 amide bonds. The molecular weight excluding hydrogens is 723 g/mol. The zero-order valence-electron chi connectivity index (χ0n) is 39.0. The Morgan fingerprint density at radius 3 is 1.28 bits per heavy atom. The Labute approximate surface area is 360 Å². The normalized spacial score (nSPS) is 11.2. The first-order chi connectivity index (χ1) is 28.5. The van der Waals surface area contributed by atoms with E-state index < -0.39 is 0 Å².